The molecule has 0 radical (unpaired) electrons. The van der Waals surface area contributed by atoms with Crippen LogP contribution in [0.3, 0.4) is 0 Å². The zero-order valence-corrected chi connectivity index (χ0v) is 10.3. The van der Waals surface area contributed by atoms with E-state index in [1.807, 2.05) is 0 Å². The van der Waals surface area contributed by atoms with Crippen molar-refractivity contribution in [3.63, 3.8) is 0 Å². The number of hydrogen-bond acceptors (Lipinski definition) is 3. The number of hydrogen-bond donors (Lipinski definition) is 2. The summed E-state index contributed by atoms with van der Waals surface area (Å²) >= 11 is 0. The van der Waals surface area contributed by atoms with Gasteiger partial charge in [-0.2, -0.15) is 5.10 Å². The van der Waals surface area contributed by atoms with Gasteiger partial charge in [-0.05, 0) is 18.2 Å². The molecule has 0 bridgehead atoms. The number of benzene rings is 1. The third-order valence-electron chi connectivity index (χ3n) is 3.01. The topological polar surface area (TPSA) is 67.2 Å². The molecule has 2 aromatic rings. The molecule has 1 aromatic carbocycles. The van der Waals surface area contributed by atoms with Crippen molar-refractivity contribution in [3.8, 4) is 11.4 Å². The van der Waals surface area contributed by atoms with Crippen molar-refractivity contribution in [1.29, 1.82) is 0 Å². The fourth-order valence-electron chi connectivity index (χ4n) is 1.83. The highest BCUT2D eigenvalue weighted by molar-refractivity contribution is 5.95. The van der Waals surface area contributed by atoms with Crippen LogP contribution in [-0.2, 0) is 0 Å². The Bertz CT molecular complexity index is 671. The lowest BCUT2D eigenvalue weighted by Crippen LogP contribution is -2.27. The summed E-state index contributed by atoms with van der Waals surface area (Å²) in [7, 11) is 0. The molecule has 0 unspecified atom stereocenters. The average Bonchev–Trinajstić information content (AvgIpc) is 2.94. The third kappa shape index (κ3) is 2.34. The normalized spacial score (nSPS) is 20.7. The molecule has 1 aliphatic carbocycles. The van der Waals surface area contributed by atoms with E-state index < -0.39 is 23.9 Å². The maximum absolute atomic E-state index is 13.1. The van der Waals surface area contributed by atoms with Crippen molar-refractivity contribution in [2.24, 2.45) is 0 Å². The number of amides is 1. The molecule has 1 amide bonds. The molecule has 2 N–H and O–H groups in total. The highest BCUT2D eigenvalue weighted by Crippen LogP contribution is 2.26. The second kappa shape index (κ2) is 4.59. The van der Waals surface area contributed by atoms with Gasteiger partial charge < -0.3 is 10.4 Å². The molecule has 7 heteroatoms. The van der Waals surface area contributed by atoms with Gasteiger partial charge >= 0.3 is 0 Å². The summed E-state index contributed by atoms with van der Waals surface area (Å²) in [5.41, 5.74) is 0.155. The zero-order chi connectivity index (χ0) is 14.3. The molecule has 0 saturated heterocycles. The highest BCUT2D eigenvalue weighted by Gasteiger charge is 2.39. The second-order valence-electron chi connectivity index (χ2n) is 4.62. The Morgan fingerprint density at radius 3 is 2.90 bits per heavy atom. The van der Waals surface area contributed by atoms with Crippen molar-refractivity contribution >= 4 is 5.91 Å². The van der Waals surface area contributed by atoms with Gasteiger partial charge in [0.2, 0.25) is 0 Å². The van der Waals surface area contributed by atoms with Crippen LogP contribution in [0.25, 0.3) is 5.69 Å². The number of carbonyl (C=O) groups is 1. The number of aromatic nitrogens is 2. The second-order valence-corrected chi connectivity index (χ2v) is 4.62. The van der Waals surface area contributed by atoms with Crippen LogP contribution >= 0.6 is 0 Å². The van der Waals surface area contributed by atoms with Crippen LogP contribution in [0.2, 0.25) is 0 Å². The minimum absolute atomic E-state index is 0.214. The van der Waals surface area contributed by atoms with E-state index in [9.17, 15) is 18.7 Å². The summed E-state index contributed by atoms with van der Waals surface area (Å²) in [6, 6.07) is 5.04. The molecule has 2 atom stereocenters. The summed E-state index contributed by atoms with van der Waals surface area (Å²) in [5, 5.41) is 16.0. The lowest BCUT2D eigenvalue weighted by Gasteiger charge is -2.01. The number of nitrogens with one attached hydrogen (secondary N) is 1. The van der Waals surface area contributed by atoms with E-state index >= 15 is 0 Å². The molecular formula is C13H11F2N3O2. The number of alkyl halides is 1. The van der Waals surface area contributed by atoms with E-state index in [1.54, 1.807) is 6.07 Å². The molecule has 1 aliphatic rings. The van der Waals surface area contributed by atoms with Crippen molar-refractivity contribution < 1.29 is 18.7 Å². The Morgan fingerprint density at radius 2 is 2.25 bits per heavy atom. The first kappa shape index (κ1) is 12.6. The Labute approximate surface area is 112 Å². The van der Waals surface area contributed by atoms with E-state index in [0.29, 0.717) is 5.69 Å². The lowest BCUT2D eigenvalue weighted by molar-refractivity contribution is 0.0939. The fourth-order valence-corrected chi connectivity index (χ4v) is 1.83. The smallest absolute Gasteiger partial charge is 0.275 e. The van der Waals surface area contributed by atoms with Gasteiger partial charge in [-0.25, -0.2) is 13.5 Å². The van der Waals surface area contributed by atoms with E-state index in [0.717, 1.165) is 0 Å². The molecule has 104 valence electrons. The number of carbonyl (C=O) groups excluding carboxylic acids is 1. The van der Waals surface area contributed by atoms with Gasteiger partial charge in [0.25, 0.3) is 5.91 Å². The Hall–Kier alpha value is -2.44. The Balaban J connectivity index is 1.85. The van der Waals surface area contributed by atoms with Gasteiger partial charge in [-0.15, -0.1) is 0 Å². The van der Waals surface area contributed by atoms with Crippen LogP contribution in [0.15, 0.2) is 30.5 Å². The molecule has 1 aromatic heterocycles. The van der Waals surface area contributed by atoms with Crippen molar-refractivity contribution in [1.82, 2.24) is 15.1 Å². The van der Waals surface area contributed by atoms with Gasteiger partial charge in [-0.3, -0.25) is 4.79 Å². The summed E-state index contributed by atoms with van der Waals surface area (Å²) in [4.78, 5) is 11.8. The minimum Gasteiger partial charge on any atom is -0.504 e. The van der Waals surface area contributed by atoms with Crippen LogP contribution in [0.4, 0.5) is 8.78 Å². The Kier molecular flexibility index (Phi) is 2.89. The van der Waals surface area contributed by atoms with Gasteiger partial charge in [0, 0.05) is 6.42 Å². The predicted octanol–water partition coefficient (Wildman–Crippen LogP) is 1.56. The maximum atomic E-state index is 13.1. The van der Waals surface area contributed by atoms with Crippen molar-refractivity contribution in [2.75, 3.05) is 0 Å². The largest absolute Gasteiger partial charge is 0.504 e. The maximum Gasteiger partial charge on any atom is 0.275 e. The van der Waals surface area contributed by atoms with Gasteiger partial charge in [-0.1, -0.05) is 6.07 Å². The van der Waals surface area contributed by atoms with Crippen LogP contribution in [0, 0.1) is 5.82 Å². The monoisotopic (exact) mass is 279 g/mol. The standard InChI is InChI=1S/C13H11F2N3O2/c14-7-2-1-3-8(4-7)18-6-11(19)12(17-18)13(20)16-10-5-9(10)15/h1-4,6,9-10,19H,5H2,(H,16,20)/t9-,10+/m0/s1. The van der Waals surface area contributed by atoms with Crippen molar-refractivity contribution in [2.45, 2.75) is 18.6 Å². The Morgan fingerprint density at radius 1 is 1.50 bits per heavy atom. The first-order chi connectivity index (χ1) is 9.54. The summed E-state index contributed by atoms with van der Waals surface area (Å²) < 4.78 is 27.0. The molecule has 5 nitrogen and oxygen atoms in total. The molecule has 20 heavy (non-hydrogen) atoms. The van der Waals surface area contributed by atoms with Crippen LogP contribution < -0.4 is 5.32 Å². The first-order valence-electron chi connectivity index (χ1n) is 6.04. The molecule has 1 saturated carbocycles. The number of aromatic hydroxyl groups is 1. The number of rotatable bonds is 3. The summed E-state index contributed by atoms with van der Waals surface area (Å²) in [6.07, 6.45) is 0.437. The van der Waals surface area contributed by atoms with Gasteiger partial charge in [0.1, 0.15) is 12.0 Å². The summed E-state index contributed by atoms with van der Waals surface area (Å²) in [5.74, 6) is -1.45. The fraction of sp³-hybridized carbons (Fsp3) is 0.231. The quantitative estimate of drug-likeness (QED) is 0.896. The zero-order valence-electron chi connectivity index (χ0n) is 10.3. The molecular weight excluding hydrogens is 268 g/mol. The SMILES string of the molecule is O=C(N[C@@H]1C[C@@H]1F)c1nn(-c2cccc(F)c2)cc1O. The number of halogens is 2. The van der Waals surface area contributed by atoms with E-state index in [2.05, 4.69) is 10.4 Å². The molecule has 3 rings (SSSR count). The third-order valence-corrected chi connectivity index (χ3v) is 3.01. The molecule has 1 heterocycles. The van der Waals surface area contributed by atoms with Crippen LogP contribution in [0.1, 0.15) is 16.9 Å². The average molecular weight is 279 g/mol. The molecule has 1 fully saturated rings. The van der Waals surface area contributed by atoms with Crippen molar-refractivity contribution in [3.05, 3.63) is 42.0 Å². The first-order valence-corrected chi connectivity index (χ1v) is 6.04. The van der Waals surface area contributed by atoms with E-state index in [4.69, 9.17) is 0 Å². The predicted molar refractivity (Wildman–Crippen MR) is 66.0 cm³/mol. The van der Waals surface area contributed by atoms with Gasteiger partial charge in [0.05, 0.1) is 17.9 Å². The highest BCUT2D eigenvalue weighted by atomic mass is 19.1. The lowest BCUT2D eigenvalue weighted by atomic mass is 10.3. The van der Waals surface area contributed by atoms with Crippen LogP contribution in [-0.4, -0.2) is 33.0 Å². The molecule has 0 spiro atoms. The van der Waals surface area contributed by atoms with Crippen LogP contribution in [0.5, 0.6) is 5.75 Å². The molecule has 0 aliphatic heterocycles. The number of nitrogens with zero attached hydrogens (tertiary/aromatic N) is 2. The van der Waals surface area contributed by atoms with Gasteiger partial charge in [0.15, 0.2) is 11.4 Å². The summed E-state index contributed by atoms with van der Waals surface area (Å²) in [6.45, 7) is 0. The minimum atomic E-state index is -1.04. The van der Waals surface area contributed by atoms with E-state index in [-0.39, 0.29) is 17.9 Å². The van der Waals surface area contributed by atoms with E-state index in [1.165, 1.54) is 29.1 Å².